The van der Waals surface area contributed by atoms with Gasteiger partial charge in [0.1, 0.15) is 0 Å². The first-order valence-electron chi connectivity index (χ1n) is 10.9. The first-order valence-corrected chi connectivity index (χ1v) is 10.9. The molecule has 2 amide bonds. The first-order chi connectivity index (χ1) is 14.3. The van der Waals surface area contributed by atoms with Crippen molar-refractivity contribution in [2.24, 2.45) is 5.73 Å². The Bertz CT molecular complexity index is 705. The molecule has 3 rings (SSSR count). The lowest BCUT2D eigenvalue weighted by Gasteiger charge is -2.40. The van der Waals surface area contributed by atoms with Gasteiger partial charge in [0.05, 0.1) is 24.3 Å². The molecule has 1 saturated carbocycles. The van der Waals surface area contributed by atoms with E-state index in [9.17, 15) is 18.0 Å². The summed E-state index contributed by atoms with van der Waals surface area (Å²) >= 11 is 0. The topological polar surface area (TPSA) is 67.6 Å². The highest BCUT2D eigenvalue weighted by molar-refractivity contribution is 5.74. The predicted molar refractivity (Wildman–Crippen MR) is 109 cm³/mol. The summed E-state index contributed by atoms with van der Waals surface area (Å²) in [6.07, 6.45) is 0.125. The third-order valence-corrected chi connectivity index (χ3v) is 6.30. The highest BCUT2D eigenvalue weighted by atomic mass is 19.4. The van der Waals surface area contributed by atoms with Crippen molar-refractivity contribution < 1.29 is 22.7 Å². The Labute approximate surface area is 176 Å². The molecule has 30 heavy (non-hydrogen) atoms. The van der Waals surface area contributed by atoms with Gasteiger partial charge in [-0.15, -0.1) is 0 Å². The molecule has 168 valence electrons. The second-order valence-electron chi connectivity index (χ2n) is 8.29. The third kappa shape index (κ3) is 5.46. The number of nitrogens with one attached hydrogen (secondary N) is 1. The van der Waals surface area contributed by atoms with Crippen molar-refractivity contribution in [1.82, 2.24) is 10.2 Å². The number of benzene rings is 1. The molecule has 2 aliphatic rings. The van der Waals surface area contributed by atoms with Crippen molar-refractivity contribution in [3.8, 4) is 0 Å². The van der Waals surface area contributed by atoms with Crippen LogP contribution in [-0.2, 0) is 10.9 Å². The monoisotopic (exact) mass is 427 g/mol. The third-order valence-electron chi connectivity index (χ3n) is 6.30. The average molecular weight is 428 g/mol. The van der Waals surface area contributed by atoms with Gasteiger partial charge in [0, 0.05) is 19.1 Å². The Hall–Kier alpha value is -1.80. The summed E-state index contributed by atoms with van der Waals surface area (Å²) in [4.78, 5) is 14.1. The van der Waals surface area contributed by atoms with E-state index >= 15 is 0 Å². The maximum atomic E-state index is 13.3. The number of urea groups is 1. The van der Waals surface area contributed by atoms with E-state index in [-0.39, 0.29) is 30.1 Å². The molecular formula is C22H32F3N3O2. The minimum atomic E-state index is -4.33. The molecule has 1 unspecified atom stereocenters. The number of ether oxygens (including phenoxy) is 1. The number of nitrogens with zero attached hydrogens (tertiary/aromatic N) is 1. The highest BCUT2D eigenvalue weighted by Crippen LogP contribution is 2.41. The van der Waals surface area contributed by atoms with E-state index in [4.69, 9.17) is 10.5 Å². The van der Waals surface area contributed by atoms with Crippen LogP contribution in [0, 0.1) is 0 Å². The van der Waals surface area contributed by atoms with Gasteiger partial charge in [0.15, 0.2) is 0 Å². The van der Waals surface area contributed by atoms with Gasteiger partial charge in [-0.3, -0.25) is 0 Å². The van der Waals surface area contributed by atoms with E-state index in [2.05, 4.69) is 5.32 Å². The summed E-state index contributed by atoms with van der Waals surface area (Å²) in [5.74, 6) is -0.105. The summed E-state index contributed by atoms with van der Waals surface area (Å²) in [6.45, 7) is 3.46. The lowest BCUT2D eigenvalue weighted by Crippen LogP contribution is -2.58. The standard InChI is InChI=1S/C22H32F3N3O2/c1-2-27-21(29)28-13-5-8-19(26)20(28)14-30-16-11-9-15(10-12-16)17-6-3-4-7-18(17)22(23,24)25/h3-4,6-7,15-16,19-20H,2,5,8-14,26H2,1H3,(H,27,29)/t15-,16+,19?,20-/m0/s1. The number of rotatable bonds is 5. The SMILES string of the molecule is CCNC(=O)N1CCCC(N)[C@@H]1CO[C@H]1CC[C@@H](c2ccccc2C(F)(F)F)CC1. The number of carbonyl (C=O) groups excluding carboxylic acids is 1. The van der Waals surface area contributed by atoms with E-state index in [0.29, 0.717) is 50.9 Å². The van der Waals surface area contributed by atoms with Gasteiger partial charge in [0.25, 0.3) is 0 Å². The molecule has 1 saturated heterocycles. The largest absolute Gasteiger partial charge is 0.416 e. The second-order valence-corrected chi connectivity index (χ2v) is 8.29. The zero-order valence-electron chi connectivity index (χ0n) is 17.5. The average Bonchev–Trinajstić information content (AvgIpc) is 2.72. The van der Waals surface area contributed by atoms with Crippen LogP contribution in [0.1, 0.15) is 62.5 Å². The fraction of sp³-hybridized carbons (Fsp3) is 0.682. The molecule has 1 aliphatic heterocycles. The second kappa shape index (κ2) is 10.0. The number of halogens is 3. The van der Waals surface area contributed by atoms with Crippen LogP contribution in [0.25, 0.3) is 0 Å². The Balaban J connectivity index is 1.55. The van der Waals surface area contributed by atoms with E-state index in [1.54, 1.807) is 17.0 Å². The minimum Gasteiger partial charge on any atom is -0.376 e. The van der Waals surface area contributed by atoms with Gasteiger partial charge < -0.3 is 20.7 Å². The molecule has 0 bridgehead atoms. The summed E-state index contributed by atoms with van der Waals surface area (Å²) in [5, 5.41) is 2.83. The van der Waals surface area contributed by atoms with Crippen LogP contribution in [0.2, 0.25) is 0 Å². The lowest BCUT2D eigenvalue weighted by molar-refractivity contribution is -0.138. The van der Waals surface area contributed by atoms with E-state index in [1.807, 2.05) is 6.92 Å². The zero-order valence-corrected chi connectivity index (χ0v) is 17.5. The molecule has 3 N–H and O–H groups in total. The van der Waals surface area contributed by atoms with E-state index in [0.717, 1.165) is 12.8 Å². The van der Waals surface area contributed by atoms with Crippen LogP contribution >= 0.6 is 0 Å². The van der Waals surface area contributed by atoms with Crippen LogP contribution < -0.4 is 11.1 Å². The molecule has 8 heteroatoms. The number of piperidine rings is 1. The van der Waals surface area contributed by atoms with Crippen molar-refractivity contribution in [1.29, 1.82) is 0 Å². The lowest BCUT2D eigenvalue weighted by atomic mass is 9.81. The molecule has 0 aromatic heterocycles. The molecule has 1 aromatic carbocycles. The molecule has 1 heterocycles. The molecule has 0 radical (unpaired) electrons. The summed E-state index contributed by atoms with van der Waals surface area (Å²) in [6, 6.07) is 5.46. The Kier molecular flexibility index (Phi) is 7.63. The van der Waals surface area contributed by atoms with Gasteiger partial charge >= 0.3 is 12.2 Å². The smallest absolute Gasteiger partial charge is 0.376 e. The maximum Gasteiger partial charge on any atom is 0.416 e. The van der Waals surface area contributed by atoms with Crippen LogP contribution in [0.4, 0.5) is 18.0 Å². The molecule has 2 fully saturated rings. The van der Waals surface area contributed by atoms with Gasteiger partial charge in [-0.1, -0.05) is 18.2 Å². The number of carbonyl (C=O) groups is 1. The quantitative estimate of drug-likeness (QED) is 0.738. The van der Waals surface area contributed by atoms with Crippen molar-refractivity contribution in [3.63, 3.8) is 0 Å². The molecule has 0 spiro atoms. The number of alkyl halides is 3. The minimum absolute atomic E-state index is 0.00971. The summed E-state index contributed by atoms with van der Waals surface area (Å²) < 4.78 is 46.1. The van der Waals surface area contributed by atoms with Gasteiger partial charge in [-0.25, -0.2) is 4.79 Å². The molecule has 5 nitrogen and oxygen atoms in total. The van der Waals surface area contributed by atoms with Crippen LogP contribution in [0.3, 0.4) is 0 Å². The van der Waals surface area contributed by atoms with Crippen molar-refractivity contribution in [2.75, 3.05) is 19.7 Å². The zero-order chi connectivity index (χ0) is 21.7. The number of nitrogens with two attached hydrogens (primary N) is 1. The first kappa shape index (κ1) is 22.9. The van der Waals surface area contributed by atoms with Gasteiger partial charge in [-0.2, -0.15) is 13.2 Å². The number of hydrogen-bond donors (Lipinski definition) is 2. The molecule has 1 aliphatic carbocycles. The van der Waals surface area contributed by atoms with E-state index < -0.39 is 11.7 Å². The van der Waals surface area contributed by atoms with Gasteiger partial charge in [0.2, 0.25) is 0 Å². The van der Waals surface area contributed by atoms with Crippen molar-refractivity contribution in [2.45, 2.75) is 75.7 Å². The number of likely N-dealkylation sites (tertiary alicyclic amines) is 1. The van der Waals surface area contributed by atoms with Crippen LogP contribution in [0.15, 0.2) is 24.3 Å². The Morgan fingerprint density at radius 2 is 1.90 bits per heavy atom. The number of hydrogen-bond acceptors (Lipinski definition) is 3. The maximum absolute atomic E-state index is 13.3. The van der Waals surface area contributed by atoms with Crippen LogP contribution in [0.5, 0.6) is 0 Å². The van der Waals surface area contributed by atoms with Crippen molar-refractivity contribution in [3.05, 3.63) is 35.4 Å². The Morgan fingerprint density at radius 3 is 2.57 bits per heavy atom. The van der Waals surface area contributed by atoms with Gasteiger partial charge in [-0.05, 0) is 63.0 Å². The van der Waals surface area contributed by atoms with Crippen molar-refractivity contribution >= 4 is 6.03 Å². The summed E-state index contributed by atoms with van der Waals surface area (Å²) in [7, 11) is 0. The fourth-order valence-electron chi connectivity index (χ4n) is 4.69. The summed E-state index contributed by atoms with van der Waals surface area (Å²) in [5.41, 5.74) is 6.13. The molecule has 1 aromatic rings. The normalized spacial score (nSPS) is 27.7. The predicted octanol–water partition coefficient (Wildman–Crippen LogP) is 4.27. The fourth-order valence-corrected chi connectivity index (χ4v) is 4.69. The number of amides is 2. The van der Waals surface area contributed by atoms with E-state index in [1.165, 1.54) is 12.1 Å². The Morgan fingerprint density at radius 1 is 1.20 bits per heavy atom. The van der Waals surface area contributed by atoms with Crippen LogP contribution in [-0.4, -0.2) is 48.8 Å². The molecule has 2 atom stereocenters. The highest BCUT2D eigenvalue weighted by Gasteiger charge is 2.37. The molecular weight excluding hydrogens is 395 g/mol.